The summed E-state index contributed by atoms with van der Waals surface area (Å²) in [7, 11) is 0. The fourth-order valence-electron chi connectivity index (χ4n) is 4.86. The second-order valence-electron chi connectivity index (χ2n) is 8.49. The molecule has 1 aromatic heterocycles. The van der Waals surface area contributed by atoms with E-state index < -0.39 is 0 Å². The van der Waals surface area contributed by atoms with Crippen LogP contribution in [0.2, 0.25) is 0 Å². The van der Waals surface area contributed by atoms with E-state index in [2.05, 4.69) is 87.3 Å². The number of hydrogen-bond acceptors (Lipinski definition) is 2. The Morgan fingerprint density at radius 3 is 1.59 bits per heavy atom. The third kappa shape index (κ3) is 2.78. The van der Waals surface area contributed by atoms with Gasteiger partial charge in [0.05, 0.1) is 21.5 Å². The van der Waals surface area contributed by atoms with Crippen molar-refractivity contribution in [3.63, 3.8) is 0 Å². The van der Waals surface area contributed by atoms with Crippen molar-refractivity contribution >= 4 is 33.0 Å². The molecule has 2 nitrogen and oxygen atoms in total. The summed E-state index contributed by atoms with van der Waals surface area (Å²) in [5.74, 6) is 0. The summed E-state index contributed by atoms with van der Waals surface area (Å²) in [5.41, 5.74) is 17.9. The van der Waals surface area contributed by atoms with Gasteiger partial charge in [0.15, 0.2) is 0 Å². The van der Waals surface area contributed by atoms with Crippen molar-refractivity contribution in [3.05, 3.63) is 78.6 Å². The summed E-state index contributed by atoms with van der Waals surface area (Å²) >= 11 is 3.78. The van der Waals surface area contributed by atoms with Crippen LogP contribution in [0.25, 0.3) is 0 Å². The van der Waals surface area contributed by atoms with Gasteiger partial charge in [-0.3, -0.25) is 4.98 Å². The first kappa shape index (κ1) is 20.2. The lowest BCUT2D eigenvalue weighted by molar-refractivity contribution is 0.993. The lowest BCUT2D eigenvalue weighted by Gasteiger charge is -2.40. The number of pyridine rings is 1. The first-order chi connectivity index (χ1) is 13.7. The van der Waals surface area contributed by atoms with Crippen LogP contribution in [0.1, 0.15) is 55.6 Å². The molecule has 1 aliphatic heterocycles. The quantitative estimate of drug-likeness (QED) is 0.296. The smallest absolute Gasteiger partial charge is 0.0635 e. The van der Waals surface area contributed by atoms with Crippen LogP contribution in [-0.4, -0.2) is 4.98 Å². The predicted octanol–water partition coefficient (Wildman–Crippen LogP) is 7.69. The summed E-state index contributed by atoms with van der Waals surface area (Å²) in [5, 5.41) is 0. The van der Waals surface area contributed by atoms with E-state index in [1.165, 1.54) is 67.0 Å². The molecule has 1 aliphatic rings. The molecule has 29 heavy (non-hydrogen) atoms. The molecule has 2 aromatic carbocycles. The van der Waals surface area contributed by atoms with E-state index in [0.29, 0.717) is 0 Å². The topological polar surface area (TPSA) is 16.1 Å². The Balaban J connectivity index is 2.20. The summed E-state index contributed by atoms with van der Waals surface area (Å²) in [4.78, 5) is 6.81. The Morgan fingerprint density at radius 1 is 0.690 bits per heavy atom. The van der Waals surface area contributed by atoms with Gasteiger partial charge in [-0.1, -0.05) is 0 Å². The first-order valence-electron chi connectivity index (χ1n) is 10.2. The predicted molar refractivity (Wildman–Crippen MR) is 127 cm³/mol. The molecule has 150 valence electrons. The summed E-state index contributed by atoms with van der Waals surface area (Å²) < 4.78 is 1.02. The van der Waals surface area contributed by atoms with Gasteiger partial charge >= 0.3 is 0 Å². The summed E-state index contributed by atoms with van der Waals surface area (Å²) in [6.07, 6.45) is 4.78. The highest BCUT2D eigenvalue weighted by Gasteiger charge is 2.32. The molecule has 3 heteroatoms. The van der Waals surface area contributed by atoms with E-state index in [9.17, 15) is 0 Å². The van der Waals surface area contributed by atoms with E-state index in [0.717, 1.165) is 16.6 Å². The van der Waals surface area contributed by atoms with Crippen LogP contribution < -0.4 is 4.90 Å². The maximum atomic E-state index is 4.32. The monoisotopic (exact) mass is 448 g/mol. The molecule has 2 heterocycles. The van der Waals surface area contributed by atoms with Crippen LogP contribution in [0.5, 0.6) is 0 Å². The molecule has 0 amide bonds. The number of nitrogens with zero attached hydrogens (tertiary/aromatic N) is 2. The summed E-state index contributed by atoms with van der Waals surface area (Å²) in [6, 6.07) is 2.12. The highest BCUT2D eigenvalue weighted by atomic mass is 79.9. The third-order valence-corrected chi connectivity index (χ3v) is 7.97. The van der Waals surface area contributed by atoms with Crippen LogP contribution in [0.3, 0.4) is 0 Å². The minimum atomic E-state index is 0.992. The molecule has 0 spiro atoms. The zero-order chi connectivity index (χ0) is 21.2. The fraction of sp³-hybridized carbons (Fsp3) is 0.346. The number of anilines is 3. The minimum absolute atomic E-state index is 0.992. The standard InChI is InChI=1S/C26H29BrN2/c1-13-15(3)19(7)25-21(17(13)5)11-22-18(6)14(2)16(4)20(8)26(22)29(25)24-9-10-28-12-23(24)27/h9-10,12H,11H2,1-8H3. The average molecular weight is 449 g/mol. The van der Waals surface area contributed by atoms with Gasteiger partial charge in [0.2, 0.25) is 0 Å². The van der Waals surface area contributed by atoms with E-state index in [4.69, 9.17) is 0 Å². The Kier molecular flexibility index (Phi) is 4.85. The molecule has 0 aliphatic carbocycles. The van der Waals surface area contributed by atoms with Crippen molar-refractivity contribution < 1.29 is 0 Å². The zero-order valence-electron chi connectivity index (χ0n) is 18.7. The van der Waals surface area contributed by atoms with E-state index in [1.807, 2.05) is 12.4 Å². The van der Waals surface area contributed by atoms with Gasteiger partial charge in [0.1, 0.15) is 0 Å². The van der Waals surface area contributed by atoms with Crippen LogP contribution in [0, 0.1) is 55.4 Å². The Bertz CT molecular complexity index is 1110. The van der Waals surface area contributed by atoms with Crippen molar-refractivity contribution in [2.24, 2.45) is 0 Å². The van der Waals surface area contributed by atoms with E-state index in [1.54, 1.807) is 0 Å². The molecule has 0 fully saturated rings. The lowest BCUT2D eigenvalue weighted by Crippen LogP contribution is -2.24. The normalized spacial score (nSPS) is 12.8. The van der Waals surface area contributed by atoms with Crippen molar-refractivity contribution in [3.8, 4) is 0 Å². The van der Waals surface area contributed by atoms with Gasteiger partial charge in [-0.25, -0.2) is 0 Å². The molecule has 0 atom stereocenters. The van der Waals surface area contributed by atoms with E-state index >= 15 is 0 Å². The molecular weight excluding hydrogens is 420 g/mol. The molecular formula is C26H29BrN2. The number of fused-ring (bicyclic) bond motifs is 2. The maximum absolute atomic E-state index is 4.32. The minimum Gasteiger partial charge on any atom is -0.308 e. The fourth-order valence-corrected chi connectivity index (χ4v) is 5.29. The van der Waals surface area contributed by atoms with Crippen molar-refractivity contribution in [2.45, 2.75) is 61.8 Å². The SMILES string of the molecule is Cc1c(C)c(C)c2c(c1C)Cc1c(C)c(C)c(C)c(C)c1N2c1ccncc1Br. The number of hydrogen-bond donors (Lipinski definition) is 0. The lowest BCUT2D eigenvalue weighted by atomic mass is 9.81. The zero-order valence-corrected chi connectivity index (χ0v) is 20.3. The van der Waals surface area contributed by atoms with Crippen LogP contribution >= 0.6 is 15.9 Å². The van der Waals surface area contributed by atoms with Gasteiger partial charge in [-0.15, -0.1) is 0 Å². The van der Waals surface area contributed by atoms with Crippen molar-refractivity contribution in [1.29, 1.82) is 0 Å². The second-order valence-corrected chi connectivity index (χ2v) is 9.35. The van der Waals surface area contributed by atoms with Crippen LogP contribution in [0.15, 0.2) is 22.9 Å². The molecule has 3 aromatic rings. The second kappa shape index (κ2) is 6.98. The number of rotatable bonds is 1. The average Bonchev–Trinajstić information content (AvgIpc) is 2.72. The maximum Gasteiger partial charge on any atom is 0.0635 e. The number of halogens is 1. The molecule has 4 rings (SSSR count). The summed E-state index contributed by atoms with van der Waals surface area (Å²) in [6.45, 7) is 18.2. The van der Waals surface area contributed by atoms with Gasteiger partial charge < -0.3 is 4.90 Å². The number of aromatic nitrogens is 1. The molecule has 0 saturated heterocycles. The Morgan fingerprint density at radius 2 is 1.14 bits per heavy atom. The van der Waals surface area contributed by atoms with E-state index in [-0.39, 0.29) is 0 Å². The van der Waals surface area contributed by atoms with Gasteiger partial charge in [-0.05, 0) is 133 Å². The molecule has 0 N–H and O–H groups in total. The molecule has 0 bridgehead atoms. The first-order valence-corrected chi connectivity index (χ1v) is 11.0. The van der Waals surface area contributed by atoms with Gasteiger partial charge in [-0.2, -0.15) is 0 Å². The van der Waals surface area contributed by atoms with Crippen molar-refractivity contribution in [1.82, 2.24) is 4.98 Å². The van der Waals surface area contributed by atoms with Gasteiger partial charge in [0.25, 0.3) is 0 Å². The van der Waals surface area contributed by atoms with Crippen LogP contribution in [0.4, 0.5) is 17.1 Å². The molecule has 0 radical (unpaired) electrons. The third-order valence-electron chi connectivity index (χ3n) is 7.36. The largest absolute Gasteiger partial charge is 0.308 e. The molecule has 0 unspecified atom stereocenters. The van der Waals surface area contributed by atoms with Crippen molar-refractivity contribution in [2.75, 3.05) is 4.90 Å². The van der Waals surface area contributed by atoms with Gasteiger partial charge in [0, 0.05) is 18.8 Å². The van der Waals surface area contributed by atoms with Crippen LogP contribution in [-0.2, 0) is 6.42 Å². The Hall–Kier alpha value is -2.13. The molecule has 0 saturated carbocycles. The highest BCUT2D eigenvalue weighted by Crippen LogP contribution is 2.52. The highest BCUT2D eigenvalue weighted by molar-refractivity contribution is 9.10. The Labute approximate surface area is 183 Å². The number of benzene rings is 2.